The van der Waals surface area contributed by atoms with Crippen molar-refractivity contribution in [3.05, 3.63) is 35.9 Å². The highest BCUT2D eigenvalue weighted by atomic mass is 16.5. The predicted octanol–water partition coefficient (Wildman–Crippen LogP) is 1.89. The molecule has 0 radical (unpaired) electrons. The van der Waals surface area contributed by atoms with E-state index < -0.39 is 6.04 Å². The Hall–Kier alpha value is -1.88. The highest BCUT2D eigenvalue weighted by molar-refractivity contribution is 5.83. The van der Waals surface area contributed by atoms with Gasteiger partial charge in [-0.2, -0.15) is 0 Å². The van der Waals surface area contributed by atoms with Crippen LogP contribution in [0.15, 0.2) is 30.3 Å². The van der Waals surface area contributed by atoms with Crippen molar-refractivity contribution < 1.29 is 14.3 Å². The Bertz CT molecular complexity index is 496. The van der Waals surface area contributed by atoms with Crippen molar-refractivity contribution >= 4 is 11.9 Å². The molecule has 1 amide bonds. The predicted molar refractivity (Wildman–Crippen MR) is 84.2 cm³/mol. The summed E-state index contributed by atoms with van der Waals surface area (Å²) >= 11 is 0. The number of hydrogen-bond donors (Lipinski definition) is 1. The summed E-state index contributed by atoms with van der Waals surface area (Å²) in [6, 6.07) is 9.35. The molecule has 1 saturated carbocycles. The summed E-state index contributed by atoms with van der Waals surface area (Å²) in [5.74, 6) is -0.594. The van der Waals surface area contributed by atoms with Crippen molar-refractivity contribution in [2.24, 2.45) is 0 Å². The first-order chi connectivity index (χ1) is 10.7. The van der Waals surface area contributed by atoms with E-state index >= 15 is 0 Å². The summed E-state index contributed by atoms with van der Waals surface area (Å²) in [4.78, 5) is 26.2. The maximum atomic E-state index is 12.5. The average Bonchev–Trinajstić information content (AvgIpc) is 3.35. The second-order valence-corrected chi connectivity index (χ2v) is 5.48. The number of likely N-dealkylation sites (N-methyl/N-ethyl adjacent to an activating group) is 1. The number of nitrogens with zero attached hydrogens (tertiary/aromatic N) is 1. The van der Waals surface area contributed by atoms with Crippen molar-refractivity contribution in [2.45, 2.75) is 38.8 Å². The molecule has 1 N–H and O–H groups in total. The van der Waals surface area contributed by atoms with Crippen molar-refractivity contribution in [2.75, 3.05) is 19.7 Å². The molecule has 1 aliphatic rings. The van der Waals surface area contributed by atoms with Gasteiger partial charge in [0, 0.05) is 6.04 Å². The number of ether oxygens (including phenoxy) is 1. The number of carbonyl (C=O) groups is 2. The van der Waals surface area contributed by atoms with Gasteiger partial charge in [-0.15, -0.1) is 0 Å². The monoisotopic (exact) mass is 304 g/mol. The number of benzene rings is 1. The molecule has 5 nitrogen and oxygen atoms in total. The molecule has 0 aliphatic heterocycles. The molecular weight excluding hydrogens is 280 g/mol. The van der Waals surface area contributed by atoms with Crippen LogP contribution < -0.4 is 5.32 Å². The van der Waals surface area contributed by atoms with Gasteiger partial charge in [0.15, 0.2) is 6.61 Å². The molecule has 1 aromatic carbocycles. The van der Waals surface area contributed by atoms with E-state index in [0.717, 1.165) is 31.5 Å². The third-order valence-electron chi connectivity index (χ3n) is 3.80. The van der Waals surface area contributed by atoms with Crippen LogP contribution in [0.4, 0.5) is 0 Å². The van der Waals surface area contributed by atoms with E-state index in [2.05, 4.69) is 5.32 Å². The van der Waals surface area contributed by atoms with Gasteiger partial charge in [-0.05, 0) is 31.5 Å². The molecule has 1 fully saturated rings. The van der Waals surface area contributed by atoms with Gasteiger partial charge < -0.3 is 10.1 Å². The molecule has 2 rings (SSSR count). The van der Waals surface area contributed by atoms with Crippen LogP contribution in [0, 0.1) is 0 Å². The van der Waals surface area contributed by atoms with Crippen LogP contribution in [0.2, 0.25) is 0 Å². The largest absolute Gasteiger partial charge is 0.454 e. The van der Waals surface area contributed by atoms with Crippen molar-refractivity contribution in [1.82, 2.24) is 10.2 Å². The fraction of sp³-hybridized carbons (Fsp3) is 0.529. The van der Waals surface area contributed by atoms with Gasteiger partial charge in [-0.3, -0.25) is 9.69 Å². The SMILES string of the molecule is CCN(CC)[C@H](C(=O)OCC(=O)NC1CC1)c1ccccc1. The molecule has 0 heterocycles. The molecule has 120 valence electrons. The number of hydrogen-bond acceptors (Lipinski definition) is 4. The molecule has 5 heteroatoms. The lowest BCUT2D eigenvalue weighted by molar-refractivity contribution is -0.154. The fourth-order valence-electron chi connectivity index (χ4n) is 2.43. The Labute approximate surface area is 131 Å². The third kappa shape index (κ3) is 4.56. The fourth-order valence-corrected chi connectivity index (χ4v) is 2.43. The van der Waals surface area contributed by atoms with Crippen molar-refractivity contribution in [3.8, 4) is 0 Å². The zero-order valence-corrected chi connectivity index (χ0v) is 13.2. The lowest BCUT2D eigenvalue weighted by Crippen LogP contribution is -2.37. The third-order valence-corrected chi connectivity index (χ3v) is 3.80. The Kier molecular flexibility index (Phi) is 5.95. The van der Waals surface area contributed by atoms with Gasteiger partial charge in [0.05, 0.1) is 0 Å². The van der Waals surface area contributed by atoms with E-state index in [1.54, 1.807) is 0 Å². The summed E-state index contributed by atoms with van der Waals surface area (Å²) in [5.41, 5.74) is 0.888. The summed E-state index contributed by atoms with van der Waals surface area (Å²) in [5, 5.41) is 2.82. The van der Waals surface area contributed by atoms with E-state index in [-0.39, 0.29) is 24.5 Å². The molecule has 1 aromatic rings. The molecular formula is C17H24N2O3. The lowest BCUT2D eigenvalue weighted by Gasteiger charge is -2.28. The summed E-state index contributed by atoms with van der Waals surface area (Å²) < 4.78 is 5.24. The minimum absolute atomic E-state index is 0.208. The topological polar surface area (TPSA) is 58.6 Å². The van der Waals surface area contributed by atoms with E-state index in [1.807, 2.05) is 49.1 Å². The molecule has 0 bridgehead atoms. The Morgan fingerprint density at radius 1 is 1.23 bits per heavy atom. The molecule has 0 saturated heterocycles. The molecule has 0 aromatic heterocycles. The molecule has 1 atom stereocenters. The number of amides is 1. The zero-order chi connectivity index (χ0) is 15.9. The maximum Gasteiger partial charge on any atom is 0.328 e. The second kappa shape index (κ2) is 7.94. The number of carbonyl (C=O) groups excluding carboxylic acids is 2. The van der Waals surface area contributed by atoms with Gasteiger partial charge in [0.1, 0.15) is 6.04 Å². The summed E-state index contributed by atoms with van der Waals surface area (Å²) in [6.45, 7) is 5.28. The quantitative estimate of drug-likeness (QED) is 0.745. The zero-order valence-electron chi connectivity index (χ0n) is 13.2. The van der Waals surface area contributed by atoms with Crippen LogP contribution >= 0.6 is 0 Å². The number of rotatable bonds is 8. The van der Waals surface area contributed by atoms with Crippen LogP contribution in [-0.4, -0.2) is 42.5 Å². The van der Waals surface area contributed by atoms with Gasteiger partial charge in [0.25, 0.3) is 5.91 Å². The first-order valence-electron chi connectivity index (χ1n) is 7.90. The first-order valence-corrected chi connectivity index (χ1v) is 7.90. The maximum absolute atomic E-state index is 12.5. The molecule has 1 aliphatic carbocycles. The molecule has 0 spiro atoms. The van der Waals surface area contributed by atoms with Crippen molar-refractivity contribution in [1.29, 1.82) is 0 Å². The van der Waals surface area contributed by atoms with Crippen LogP contribution in [0.5, 0.6) is 0 Å². The first kappa shape index (κ1) is 16.5. The summed E-state index contributed by atoms with van der Waals surface area (Å²) in [7, 11) is 0. The van der Waals surface area contributed by atoms with E-state index in [1.165, 1.54) is 0 Å². The standard InChI is InChI=1S/C17H24N2O3/c1-3-19(4-2)16(13-8-6-5-7-9-13)17(21)22-12-15(20)18-14-10-11-14/h5-9,14,16H,3-4,10-12H2,1-2H3,(H,18,20)/t16-/m0/s1. The van der Waals surface area contributed by atoms with E-state index in [4.69, 9.17) is 4.74 Å². The van der Waals surface area contributed by atoms with Crippen molar-refractivity contribution in [3.63, 3.8) is 0 Å². The smallest absolute Gasteiger partial charge is 0.328 e. The van der Waals surface area contributed by atoms with Gasteiger partial charge in [-0.25, -0.2) is 4.79 Å². The normalized spacial score (nSPS) is 15.4. The highest BCUT2D eigenvalue weighted by Crippen LogP contribution is 2.22. The van der Waals surface area contributed by atoms with Gasteiger partial charge >= 0.3 is 5.97 Å². The average molecular weight is 304 g/mol. The Balaban J connectivity index is 2.00. The second-order valence-electron chi connectivity index (χ2n) is 5.48. The minimum atomic E-state index is -0.468. The van der Waals surface area contributed by atoms with Crippen LogP contribution in [0.1, 0.15) is 38.3 Å². The Morgan fingerprint density at radius 2 is 1.86 bits per heavy atom. The lowest BCUT2D eigenvalue weighted by atomic mass is 10.1. The molecule has 0 unspecified atom stereocenters. The number of nitrogens with one attached hydrogen (secondary N) is 1. The highest BCUT2D eigenvalue weighted by Gasteiger charge is 2.28. The van der Waals surface area contributed by atoms with E-state index in [9.17, 15) is 9.59 Å². The Morgan fingerprint density at radius 3 is 2.41 bits per heavy atom. The van der Waals surface area contributed by atoms with Gasteiger partial charge in [0.2, 0.25) is 0 Å². The van der Waals surface area contributed by atoms with Crippen LogP contribution in [0.25, 0.3) is 0 Å². The van der Waals surface area contributed by atoms with Crippen LogP contribution in [-0.2, 0) is 14.3 Å². The number of esters is 1. The van der Waals surface area contributed by atoms with Gasteiger partial charge in [-0.1, -0.05) is 44.2 Å². The van der Waals surface area contributed by atoms with Crippen LogP contribution in [0.3, 0.4) is 0 Å². The summed E-state index contributed by atoms with van der Waals surface area (Å²) in [6.07, 6.45) is 2.04. The minimum Gasteiger partial charge on any atom is -0.454 e. The van der Waals surface area contributed by atoms with E-state index in [0.29, 0.717) is 0 Å². The molecule has 22 heavy (non-hydrogen) atoms.